The fraction of sp³-hybridized carbons (Fsp3) is 0.565. The summed E-state index contributed by atoms with van der Waals surface area (Å²) in [5, 5.41) is 13.3. The van der Waals surface area contributed by atoms with E-state index in [1.807, 2.05) is 6.92 Å². The molecule has 0 unspecified atom stereocenters. The Morgan fingerprint density at radius 3 is 2.74 bits per heavy atom. The summed E-state index contributed by atoms with van der Waals surface area (Å²) in [5.41, 5.74) is 1.40. The molecule has 2 aliphatic rings. The van der Waals surface area contributed by atoms with Crippen molar-refractivity contribution in [1.29, 1.82) is 0 Å². The van der Waals surface area contributed by atoms with Crippen molar-refractivity contribution in [3.05, 3.63) is 35.8 Å². The number of sulfonamides is 1. The minimum absolute atomic E-state index is 0.186. The molecule has 3 heterocycles. The lowest BCUT2D eigenvalue weighted by Gasteiger charge is -2.31. The third kappa shape index (κ3) is 4.32. The second kappa shape index (κ2) is 9.27. The van der Waals surface area contributed by atoms with Crippen LogP contribution in [0.5, 0.6) is 0 Å². The highest BCUT2D eigenvalue weighted by molar-refractivity contribution is 7.88. The average molecular weight is 495 g/mol. The van der Waals surface area contributed by atoms with E-state index in [-0.39, 0.29) is 30.1 Å². The number of nitrogens with zero attached hydrogens (tertiary/aromatic N) is 2. The van der Waals surface area contributed by atoms with Gasteiger partial charge in [-0.3, -0.25) is 9.59 Å². The van der Waals surface area contributed by atoms with E-state index in [0.717, 1.165) is 17.2 Å². The average Bonchev–Trinajstić information content (AvgIpc) is 3.49. The summed E-state index contributed by atoms with van der Waals surface area (Å²) < 4.78 is 40.3. The van der Waals surface area contributed by atoms with Crippen molar-refractivity contribution in [1.82, 2.24) is 19.5 Å². The van der Waals surface area contributed by atoms with Gasteiger partial charge in [0, 0.05) is 48.1 Å². The third-order valence-corrected chi connectivity index (χ3v) is 8.49. The number of nitrogens with one attached hydrogen (secondary N) is 2. The number of H-pyrrole nitrogens is 1. The molecule has 9 nitrogen and oxygen atoms in total. The maximum atomic E-state index is 13.7. The number of likely N-dealkylation sites (tertiary alicyclic amines) is 1. The summed E-state index contributed by atoms with van der Waals surface area (Å²) in [6.07, 6.45) is 3.95. The van der Waals surface area contributed by atoms with E-state index in [9.17, 15) is 27.5 Å². The second-order valence-corrected chi connectivity index (χ2v) is 11.2. The van der Waals surface area contributed by atoms with Gasteiger partial charge >= 0.3 is 0 Å². The molecule has 0 spiro atoms. The molecule has 0 bridgehead atoms. The molecule has 2 aliphatic heterocycles. The van der Waals surface area contributed by atoms with Crippen LogP contribution in [0.4, 0.5) is 4.39 Å². The second-order valence-electron chi connectivity index (χ2n) is 9.30. The van der Waals surface area contributed by atoms with Crippen LogP contribution in [-0.2, 0) is 19.6 Å². The van der Waals surface area contributed by atoms with E-state index in [4.69, 9.17) is 0 Å². The minimum atomic E-state index is -3.54. The van der Waals surface area contributed by atoms with Crippen LogP contribution in [0.1, 0.15) is 38.2 Å². The van der Waals surface area contributed by atoms with Crippen LogP contribution in [0.15, 0.2) is 24.4 Å². The first-order chi connectivity index (χ1) is 16.1. The molecular formula is C23H31FN4O5S. The Hall–Kier alpha value is -2.50. The number of hydrogen-bond donors (Lipinski definition) is 3. The number of rotatable bonds is 7. The van der Waals surface area contributed by atoms with Crippen LogP contribution in [0.3, 0.4) is 0 Å². The highest BCUT2D eigenvalue weighted by atomic mass is 32.2. The largest absolute Gasteiger partial charge is 0.394 e. The number of hydrogen-bond acceptors (Lipinski definition) is 5. The van der Waals surface area contributed by atoms with E-state index < -0.39 is 40.7 Å². The normalized spacial score (nSPS) is 24.9. The predicted molar refractivity (Wildman–Crippen MR) is 125 cm³/mol. The van der Waals surface area contributed by atoms with Crippen LogP contribution in [0, 0.1) is 11.7 Å². The van der Waals surface area contributed by atoms with Gasteiger partial charge < -0.3 is 20.3 Å². The van der Waals surface area contributed by atoms with Crippen LogP contribution >= 0.6 is 0 Å². The topological polar surface area (TPSA) is 123 Å². The van der Waals surface area contributed by atoms with E-state index >= 15 is 0 Å². The maximum absolute atomic E-state index is 13.7. The van der Waals surface area contributed by atoms with Crippen molar-refractivity contribution in [3.63, 3.8) is 0 Å². The highest BCUT2D eigenvalue weighted by Crippen LogP contribution is 2.44. The molecule has 2 fully saturated rings. The number of aliphatic hydroxyl groups excluding tert-OH is 1. The number of aliphatic hydroxyl groups is 1. The SMILES string of the molecule is CC[C@@H](C)C(=O)N[C@@H](CO)C(=O)N1CC[C@@H]2[C@H]1[C@@H](c1c[nH]c3cc(F)ccc13)CN2S(C)(=O)=O. The third-order valence-electron chi connectivity index (χ3n) is 7.22. The highest BCUT2D eigenvalue weighted by Gasteiger charge is 2.54. The first-order valence-corrected chi connectivity index (χ1v) is 13.4. The van der Waals surface area contributed by atoms with Crippen LogP contribution in [0.25, 0.3) is 10.9 Å². The summed E-state index contributed by atoms with van der Waals surface area (Å²) in [6, 6.07) is 2.39. The van der Waals surface area contributed by atoms with Crippen molar-refractivity contribution >= 4 is 32.7 Å². The first-order valence-electron chi connectivity index (χ1n) is 11.5. The fourth-order valence-electron chi connectivity index (χ4n) is 5.27. The van der Waals surface area contributed by atoms with Gasteiger partial charge in [-0.05, 0) is 36.6 Å². The molecule has 1 aromatic heterocycles. The Bertz CT molecular complexity index is 1200. The van der Waals surface area contributed by atoms with Gasteiger partial charge in [-0.15, -0.1) is 0 Å². The number of aromatic amines is 1. The smallest absolute Gasteiger partial charge is 0.247 e. The van der Waals surface area contributed by atoms with Crippen LogP contribution in [0.2, 0.25) is 0 Å². The lowest BCUT2D eigenvalue weighted by molar-refractivity contribution is -0.139. The number of halogens is 1. The molecule has 0 aliphatic carbocycles. The predicted octanol–water partition coefficient (Wildman–Crippen LogP) is 1.16. The van der Waals surface area contributed by atoms with E-state index in [2.05, 4.69) is 10.3 Å². The fourth-order valence-corrected chi connectivity index (χ4v) is 6.42. The van der Waals surface area contributed by atoms with E-state index in [0.29, 0.717) is 24.9 Å². The zero-order chi connectivity index (χ0) is 24.8. The molecule has 1 aromatic carbocycles. The standard InChI is InChI=1S/C23H31FN4O5S/c1-4-13(2)22(30)26-19(12-29)23(31)27-8-7-20-21(27)17(11-28(20)34(3,32)33)16-10-25-18-9-14(24)5-6-15(16)18/h5-6,9-10,13,17,19-21,25,29H,4,7-8,11-12H2,1-3H3,(H,26,30)/t13-,17-,19+,20-,21-/m1/s1. The first kappa shape index (κ1) is 24.6. The molecule has 0 saturated carbocycles. The Labute approximate surface area is 198 Å². The van der Waals surface area contributed by atoms with Crippen molar-refractivity contribution in [2.24, 2.45) is 5.92 Å². The molecular weight excluding hydrogens is 463 g/mol. The summed E-state index contributed by atoms with van der Waals surface area (Å²) in [6.45, 7) is 3.55. The van der Waals surface area contributed by atoms with Gasteiger partial charge in [0.15, 0.2) is 0 Å². The Morgan fingerprint density at radius 2 is 2.09 bits per heavy atom. The molecule has 2 aromatic rings. The van der Waals surface area contributed by atoms with E-state index in [1.54, 1.807) is 24.1 Å². The number of carbonyl (C=O) groups is 2. The number of carbonyl (C=O) groups excluding carboxylic acids is 2. The van der Waals surface area contributed by atoms with Gasteiger partial charge in [-0.1, -0.05) is 13.8 Å². The Kier molecular flexibility index (Phi) is 6.71. The summed E-state index contributed by atoms with van der Waals surface area (Å²) in [5.74, 6) is -1.79. The number of amides is 2. The van der Waals surface area contributed by atoms with Gasteiger partial charge in [0.05, 0.1) is 18.9 Å². The number of fused-ring (bicyclic) bond motifs is 2. The quantitative estimate of drug-likeness (QED) is 0.533. The van der Waals surface area contributed by atoms with Gasteiger partial charge in [-0.25, -0.2) is 12.8 Å². The molecule has 11 heteroatoms. The molecule has 2 amide bonds. The molecule has 34 heavy (non-hydrogen) atoms. The molecule has 186 valence electrons. The lowest BCUT2D eigenvalue weighted by Crippen LogP contribution is -2.54. The summed E-state index contributed by atoms with van der Waals surface area (Å²) >= 11 is 0. The van der Waals surface area contributed by atoms with Crippen molar-refractivity contribution < 1.29 is 27.5 Å². The zero-order valence-electron chi connectivity index (χ0n) is 19.5. The molecule has 3 N–H and O–H groups in total. The van der Waals surface area contributed by atoms with Crippen molar-refractivity contribution in [2.75, 3.05) is 26.0 Å². The lowest BCUT2D eigenvalue weighted by atomic mass is 9.91. The monoisotopic (exact) mass is 494 g/mol. The summed E-state index contributed by atoms with van der Waals surface area (Å²) in [7, 11) is -3.54. The number of aromatic nitrogens is 1. The van der Waals surface area contributed by atoms with Gasteiger partial charge in [0.1, 0.15) is 11.9 Å². The maximum Gasteiger partial charge on any atom is 0.247 e. The Balaban J connectivity index is 1.69. The zero-order valence-corrected chi connectivity index (χ0v) is 20.3. The van der Waals surface area contributed by atoms with Gasteiger partial charge in [0.2, 0.25) is 21.8 Å². The number of benzene rings is 1. The van der Waals surface area contributed by atoms with Gasteiger partial charge in [-0.2, -0.15) is 4.31 Å². The molecule has 5 atom stereocenters. The minimum Gasteiger partial charge on any atom is -0.394 e. The van der Waals surface area contributed by atoms with Crippen LogP contribution in [-0.4, -0.2) is 83.6 Å². The molecule has 2 saturated heterocycles. The van der Waals surface area contributed by atoms with Crippen LogP contribution < -0.4 is 5.32 Å². The van der Waals surface area contributed by atoms with E-state index in [1.165, 1.54) is 16.4 Å². The van der Waals surface area contributed by atoms with Crippen molar-refractivity contribution in [2.45, 2.75) is 50.7 Å². The van der Waals surface area contributed by atoms with Gasteiger partial charge in [0.25, 0.3) is 0 Å². The molecule has 4 rings (SSSR count). The Morgan fingerprint density at radius 1 is 1.35 bits per heavy atom. The molecule has 0 radical (unpaired) electrons. The summed E-state index contributed by atoms with van der Waals surface area (Å²) in [4.78, 5) is 30.5. The van der Waals surface area contributed by atoms with Crippen molar-refractivity contribution in [3.8, 4) is 0 Å².